The van der Waals surface area contributed by atoms with Gasteiger partial charge in [0.2, 0.25) is 0 Å². The summed E-state index contributed by atoms with van der Waals surface area (Å²) in [6.45, 7) is 5.90. The van der Waals surface area contributed by atoms with Crippen LogP contribution < -0.4 is 5.32 Å². The van der Waals surface area contributed by atoms with E-state index in [9.17, 15) is 4.79 Å². The molecule has 0 saturated heterocycles. The van der Waals surface area contributed by atoms with Crippen molar-refractivity contribution in [3.63, 3.8) is 0 Å². The second kappa shape index (κ2) is 5.38. The summed E-state index contributed by atoms with van der Waals surface area (Å²) in [6.07, 6.45) is 1.58. The second-order valence-electron chi connectivity index (χ2n) is 5.35. The molecule has 0 fully saturated rings. The van der Waals surface area contributed by atoms with Gasteiger partial charge in [0, 0.05) is 11.8 Å². The van der Waals surface area contributed by atoms with Gasteiger partial charge < -0.3 is 10.1 Å². The summed E-state index contributed by atoms with van der Waals surface area (Å²) in [5.41, 5.74) is 1.82. The zero-order valence-electron chi connectivity index (χ0n) is 11.9. The molecule has 0 amide bonds. The number of nitrogens with one attached hydrogen (secondary N) is 1. The zero-order valence-corrected chi connectivity index (χ0v) is 11.9. The third-order valence-corrected chi connectivity index (χ3v) is 3.61. The lowest BCUT2D eigenvalue weighted by Gasteiger charge is -2.33. The molecule has 104 valence electrons. The first-order valence-electron chi connectivity index (χ1n) is 6.64. The molecule has 1 unspecified atom stereocenters. The largest absolute Gasteiger partial charge is 0.448 e. The molecule has 0 bridgehead atoms. The first-order valence-corrected chi connectivity index (χ1v) is 6.64. The molecule has 1 N–H and O–H groups in total. The second-order valence-corrected chi connectivity index (χ2v) is 5.35. The van der Waals surface area contributed by atoms with E-state index in [4.69, 9.17) is 10.00 Å². The molecule has 0 saturated carbocycles. The molecule has 0 aliphatic carbocycles. The van der Waals surface area contributed by atoms with Crippen LogP contribution in [0.1, 0.15) is 25.8 Å². The number of nitrogens with zero attached hydrogens (tertiary/aromatic N) is 1. The molecule has 4 heteroatoms. The lowest BCUT2D eigenvalue weighted by Crippen LogP contribution is -2.40. The van der Waals surface area contributed by atoms with Crippen molar-refractivity contribution in [2.45, 2.75) is 32.8 Å². The SMILES string of the molecule is Cc1ccc(NC2=CC(=O)OC2(CC#N)C(C)C)cc1. The Morgan fingerprint density at radius 1 is 1.35 bits per heavy atom. The van der Waals surface area contributed by atoms with Gasteiger partial charge in [-0.1, -0.05) is 31.5 Å². The number of cyclic esters (lactones) is 1. The van der Waals surface area contributed by atoms with E-state index in [-0.39, 0.29) is 12.3 Å². The summed E-state index contributed by atoms with van der Waals surface area (Å²) < 4.78 is 5.44. The van der Waals surface area contributed by atoms with Crippen molar-refractivity contribution >= 4 is 11.7 Å². The van der Waals surface area contributed by atoms with Gasteiger partial charge in [-0.3, -0.25) is 0 Å². The third-order valence-electron chi connectivity index (χ3n) is 3.61. The average Bonchev–Trinajstić information content (AvgIpc) is 2.70. The Kier molecular flexibility index (Phi) is 3.80. The van der Waals surface area contributed by atoms with E-state index in [0.29, 0.717) is 5.70 Å². The smallest absolute Gasteiger partial charge is 0.333 e. The van der Waals surface area contributed by atoms with E-state index in [0.717, 1.165) is 11.3 Å². The minimum atomic E-state index is -0.878. The Bertz CT molecular complexity index is 581. The predicted octanol–water partition coefficient (Wildman–Crippen LogP) is 3.16. The standard InChI is InChI=1S/C16H18N2O2/c1-11(2)16(8-9-17)14(10-15(19)20-16)18-13-6-4-12(3)5-7-13/h4-7,10-11,18H,8H2,1-3H3. The van der Waals surface area contributed by atoms with Crippen molar-refractivity contribution in [3.8, 4) is 6.07 Å². The minimum absolute atomic E-state index is 0.0119. The molecule has 1 aliphatic heterocycles. The zero-order chi connectivity index (χ0) is 14.8. The molecule has 0 spiro atoms. The molecular formula is C16H18N2O2. The lowest BCUT2D eigenvalue weighted by molar-refractivity contribution is -0.149. The van der Waals surface area contributed by atoms with Gasteiger partial charge in [0.1, 0.15) is 0 Å². The molecule has 1 aliphatic rings. The Balaban J connectivity index is 2.32. The summed E-state index contributed by atoms with van der Waals surface area (Å²) in [4.78, 5) is 11.6. The van der Waals surface area contributed by atoms with Gasteiger partial charge >= 0.3 is 5.97 Å². The Morgan fingerprint density at radius 2 is 2.00 bits per heavy atom. The van der Waals surface area contributed by atoms with Crippen molar-refractivity contribution in [2.24, 2.45) is 5.92 Å². The van der Waals surface area contributed by atoms with Crippen LogP contribution in [0.25, 0.3) is 0 Å². The summed E-state index contributed by atoms with van der Waals surface area (Å²) in [5, 5.41) is 12.3. The number of nitriles is 1. The highest BCUT2D eigenvalue weighted by atomic mass is 16.6. The number of aryl methyl sites for hydroxylation is 1. The van der Waals surface area contributed by atoms with Gasteiger partial charge in [-0.2, -0.15) is 5.26 Å². The quantitative estimate of drug-likeness (QED) is 0.854. The Morgan fingerprint density at radius 3 is 2.55 bits per heavy atom. The fourth-order valence-electron chi connectivity index (χ4n) is 2.32. The number of ether oxygens (including phenoxy) is 1. The first-order chi connectivity index (χ1) is 9.48. The molecule has 1 aromatic rings. The van der Waals surface area contributed by atoms with Gasteiger partial charge in [0.15, 0.2) is 5.60 Å². The summed E-state index contributed by atoms with van der Waals surface area (Å²) >= 11 is 0. The number of rotatable bonds is 4. The number of carbonyl (C=O) groups is 1. The molecular weight excluding hydrogens is 252 g/mol. The van der Waals surface area contributed by atoms with Crippen LogP contribution in [0.3, 0.4) is 0 Å². The fourth-order valence-corrected chi connectivity index (χ4v) is 2.32. The van der Waals surface area contributed by atoms with E-state index in [1.165, 1.54) is 6.08 Å². The van der Waals surface area contributed by atoms with Crippen LogP contribution >= 0.6 is 0 Å². The highest BCUT2D eigenvalue weighted by Crippen LogP contribution is 2.38. The molecule has 0 radical (unpaired) electrons. The van der Waals surface area contributed by atoms with Crippen LogP contribution in [-0.4, -0.2) is 11.6 Å². The maximum atomic E-state index is 11.6. The van der Waals surface area contributed by atoms with Crippen LogP contribution in [-0.2, 0) is 9.53 Å². The molecule has 20 heavy (non-hydrogen) atoms. The number of hydrogen-bond acceptors (Lipinski definition) is 4. The third kappa shape index (κ3) is 2.53. The molecule has 1 heterocycles. The number of benzene rings is 1. The lowest BCUT2D eigenvalue weighted by atomic mass is 9.85. The Labute approximate surface area is 119 Å². The van der Waals surface area contributed by atoms with Crippen LogP contribution in [0.15, 0.2) is 36.0 Å². The Hall–Kier alpha value is -2.28. The molecule has 0 aromatic heterocycles. The average molecular weight is 270 g/mol. The van der Waals surface area contributed by atoms with Gasteiger partial charge in [-0.25, -0.2) is 4.79 Å². The highest BCUT2D eigenvalue weighted by molar-refractivity contribution is 5.88. The van der Waals surface area contributed by atoms with E-state index < -0.39 is 11.6 Å². The molecule has 4 nitrogen and oxygen atoms in total. The molecule has 1 aromatic carbocycles. The number of carbonyl (C=O) groups excluding carboxylic acids is 1. The van der Waals surface area contributed by atoms with Crippen molar-refractivity contribution in [1.29, 1.82) is 5.26 Å². The highest BCUT2D eigenvalue weighted by Gasteiger charge is 2.46. The summed E-state index contributed by atoms with van der Waals surface area (Å²) in [5.74, 6) is -0.388. The van der Waals surface area contributed by atoms with E-state index >= 15 is 0 Å². The van der Waals surface area contributed by atoms with Gasteiger partial charge in [-0.05, 0) is 25.0 Å². The predicted molar refractivity (Wildman–Crippen MR) is 76.8 cm³/mol. The normalized spacial score (nSPS) is 21.4. The minimum Gasteiger partial charge on any atom is -0.448 e. The summed E-state index contributed by atoms with van der Waals surface area (Å²) in [7, 11) is 0. The van der Waals surface area contributed by atoms with Crippen molar-refractivity contribution in [3.05, 3.63) is 41.6 Å². The van der Waals surface area contributed by atoms with Crippen LogP contribution in [0.4, 0.5) is 5.69 Å². The van der Waals surface area contributed by atoms with E-state index in [2.05, 4.69) is 11.4 Å². The first kappa shape index (κ1) is 14.1. The van der Waals surface area contributed by atoms with Crippen molar-refractivity contribution in [2.75, 3.05) is 5.32 Å². The van der Waals surface area contributed by atoms with Crippen LogP contribution in [0, 0.1) is 24.2 Å². The van der Waals surface area contributed by atoms with E-state index in [1.807, 2.05) is 45.0 Å². The number of hydrogen-bond donors (Lipinski definition) is 1. The maximum absolute atomic E-state index is 11.6. The van der Waals surface area contributed by atoms with Crippen molar-refractivity contribution in [1.82, 2.24) is 0 Å². The molecule has 2 rings (SSSR count). The number of esters is 1. The van der Waals surface area contributed by atoms with Gasteiger partial charge in [-0.15, -0.1) is 0 Å². The van der Waals surface area contributed by atoms with Gasteiger partial charge in [0.05, 0.1) is 18.2 Å². The fraction of sp³-hybridized carbons (Fsp3) is 0.375. The van der Waals surface area contributed by atoms with Crippen LogP contribution in [0.5, 0.6) is 0 Å². The topological polar surface area (TPSA) is 62.1 Å². The maximum Gasteiger partial charge on any atom is 0.333 e. The van der Waals surface area contributed by atoms with Gasteiger partial charge in [0.25, 0.3) is 0 Å². The van der Waals surface area contributed by atoms with E-state index in [1.54, 1.807) is 0 Å². The summed E-state index contributed by atoms with van der Waals surface area (Å²) in [6, 6.07) is 9.98. The number of anilines is 1. The van der Waals surface area contributed by atoms with Crippen LogP contribution in [0.2, 0.25) is 0 Å². The van der Waals surface area contributed by atoms with Crippen molar-refractivity contribution < 1.29 is 9.53 Å². The monoisotopic (exact) mass is 270 g/mol. The molecule has 1 atom stereocenters.